The van der Waals surface area contributed by atoms with Crippen LogP contribution in [0.4, 0.5) is 0 Å². The molecule has 0 radical (unpaired) electrons. The normalized spacial score (nSPS) is 11.6. The third-order valence-electron chi connectivity index (χ3n) is 2.85. The van der Waals surface area contributed by atoms with Gasteiger partial charge in [-0.2, -0.15) is 0 Å². The van der Waals surface area contributed by atoms with Gasteiger partial charge in [0.05, 0.1) is 0 Å². The molecule has 1 nitrogen and oxygen atoms in total. The van der Waals surface area contributed by atoms with Gasteiger partial charge >= 0.3 is 0 Å². The molecular weight excluding hydrogens is 251 g/mol. The summed E-state index contributed by atoms with van der Waals surface area (Å²) < 4.78 is 13.4. The summed E-state index contributed by atoms with van der Waals surface area (Å²) >= 11 is 0. The van der Waals surface area contributed by atoms with Crippen molar-refractivity contribution < 1.29 is 4.57 Å². The van der Waals surface area contributed by atoms with Crippen LogP contribution in [0.3, 0.4) is 0 Å². The molecule has 0 unspecified atom stereocenters. The molecule has 2 rings (SSSR count). The molecule has 0 aliphatic carbocycles. The smallest absolute Gasteiger partial charge is 0.164 e. The SMILES string of the molecule is C=C(C)/C=C/P(=O)(c1ccccc1)c1ccccc1. The number of allylic oxidation sites excluding steroid dienone is 2. The Morgan fingerprint density at radius 1 is 0.947 bits per heavy atom. The third-order valence-corrected chi connectivity index (χ3v) is 5.55. The van der Waals surface area contributed by atoms with Gasteiger partial charge in [0.15, 0.2) is 7.14 Å². The average molecular weight is 268 g/mol. The molecule has 0 aliphatic rings. The summed E-state index contributed by atoms with van der Waals surface area (Å²) in [5.74, 6) is 1.79. The number of hydrogen-bond acceptors (Lipinski definition) is 1. The van der Waals surface area contributed by atoms with Crippen molar-refractivity contribution in [3.05, 3.63) is 84.7 Å². The third kappa shape index (κ3) is 3.13. The fraction of sp³-hybridized carbons (Fsp3) is 0.0588. The van der Waals surface area contributed by atoms with Crippen molar-refractivity contribution in [2.45, 2.75) is 6.92 Å². The van der Waals surface area contributed by atoms with Crippen LogP contribution in [0.25, 0.3) is 0 Å². The van der Waals surface area contributed by atoms with Gasteiger partial charge in [-0.3, -0.25) is 0 Å². The zero-order valence-corrected chi connectivity index (χ0v) is 11.9. The highest BCUT2D eigenvalue weighted by Gasteiger charge is 2.23. The second kappa shape index (κ2) is 5.86. The lowest BCUT2D eigenvalue weighted by atomic mass is 10.4. The minimum absolute atomic E-state index is 0.846. The summed E-state index contributed by atoms with van der Waals surface area (Å²) in [7, 11) is -2.72. The van der Waals surface area contributed by atoms with E-state index in [2.05, 4.69) is 6.58 Å². The van der Waals surface area contributed by atoms with E-state index in [-0.39, 0.29) is 0 Å². The Hall–Kier alpha value is -1.85. The van der Waals surface area contributed by atoms with Crippen LogP contribution in [0.1, 0.15) is 6.92 Å². The molecule has 0 heterocycles. The van der Waals surface area contributed by atoms with Gasteiger partial charge in [0.2, 0.25) is 0 Å². The first-order valence-electron chi connectivity index (χ1n) is 6.18. The molecule has 0 atom stereocenters. The summed E-state index contributed by atoms with van der Waals surface area (Å²) in [6.07, 6.45) is 1.83. The van der Waals surface area contributed by atoms with Crippen LogP contribution >= 0.6 is 7.14 Å². The molecule has 0 spiro atoms. The second-order valence-corrected chi connectivity index (χ2v) is 7.14. The highest BCUT2D eigenvalue weighted by Crippen LogP contribution is 2.45. The second-order valence-electron chi connectivity index (χ2n) is 4.49. The lowest BCUT2D eigenvalue weighted by Crippen LogP contribution is -2.13. The van der Waals surface area contributed by atoms with E-state index in [1.165, 1.54) is 0 Å². The maximum Gasteiger partial charge on any atom is 0.164 e. The quantitative estimate of drug-likeness (QED) is 0.603. The molecule has 19 heavy (non-hydrogen) atoms. The molecule has 0 bridgehead atoms. The van der Waals surface area contributed by atoms with Gasteiger partial charge in [-0.05, 0) is 12.7 Å². The highest BCUT2D eigenvalue weighted by atomic mass is 31.2. The molecule has 0 N–H and O–H groups in total. The Morgan fingerprint density at radius 3 is 1.74 bits per heavy atom. The van der Waals surface area contributed by atoms with Gasteiger partial charge in [0, 0.05) is 10.6 Å². The van der Waals surface area contributed by atoms with E-state index in [0.717, 1.165) is 16.2 Å². The van der Waals surface area contributed by atoms with Crippen LogP contribution in [-0.2, 0) is 4.57 Å². The average Bonchev–Trinajstić information content (AvgIpc) is 2.46. The minimum Gasteiger partial charge on any atom is -0.309 e. The van der Waals surface area contributed by atoms with Crippen molar-refractivity contribution in [1.82, 2.24) is 0 Å². The fourth-order valence-electron chi connectivity index (χ4n) is 1.85. The zero-order chi connectivity index (χ0) is 13.7. The number of benzene rings is 2. The number of rotatable bonds is 4. The van der Waals surface area contributed by atoms with Crippen molar-refractivity contribution in [3.63, 3.8) is 0 Å². The standard InChI is InChI=1S/C17H17OP/c1-15(2)13-14-19(18,16-9-5-3-6-10-16)17-11-7-4-8-12-17/h3-14H,1H2,2H3/b14-13+. The molecule has 96 valence electrons. The highest BCUT2D eigenvalue weighted by molar-refractivity contribution is 7.81. The van der Waals surface area contributed by atoms with Gasteiger partial charge in [-0.25, -0.2) is 0 Å². The molecule has 2 aromatic rings. The minimum atomic E-state index is -2.72. The van der Waals surface area contributed by atoms with E-state index in [0.29, 0.717) is 0 Å². The van der Waals surface area contributed by atoms with Crippen LogP contribution in [0.5, 0.6) is 0 Å². The Bertz CT molecular complexity index is 583. The Morgan fingerprint density at radius 2 is 1.37 bits per heavy atom. The van der Waals surface area contributed by atoms with Crippen LogP contribution in [0.15, 0.2) is 84.7 Å². The molecule has 2 heteroatoms. The van der Waals surface area contributed by atoms with Crippen molar-refractivity contribution in [3.8, 4) is 0 Å². The first kappa shape index (κ1) is 13.6. The van der Waals surface area contributed by atoms with Crippen molar-refractivity contribution in [2.24, 2.45) is 0 Å². The molecule has 0 fully saturated rings. The summed E-state index contributed by atoms with van der Waals surface area (Å²) in [6, 6.07) is 19.2. The van der Waals surface area contributed by atoms with Crippen molar-refractivity contribution in [1.29, 1.82) is 0 Å². The molecule has 0 aromatic heterocycles. The molecule has 2 aromatic carbocycles. The van der Waals surface area contributed by atoms with Crippen LogP contribution in [0.2, 0.25) is 0 Å². The Kier molecular flexibility index (Phi) is 4.19. The van der Waals surface area contributed by atoms with Crippen LogP contribution < -0.4 is 10.6 Å². The van der Waals surface area contributed by atoms with Crippen LogP contribution in [-0.4, -0.2) is 0 Å². The van der Waals surface area contributed by atoms with E-state index in [9.17, 15) is 4.57 Å². The van der Waals surface area contributed by atoms with Crippen LogP contribution in [0, 0.1) is 0 Å². The van der Waals surface area contributed by atoms with Gasteiger partial charge in [-0.1, -0.05) is 78.9 Å². The lowest BCUT2D eigenvalue weighted by molar-refractivity contribution is 0.592. The zero-order valence-electron chi connectivity index (χ0n) is 11.0. The van der Waals surface area contributed by atoms with E-state index in [1.54, 1.807) is 5.82 Å². The van der Waals surface area contributed by atoms with Gasteiger partial charge in [0.1, 0.15) is 0 Å². The monoisotopic (exact) mass is 268 g/mol. The molecule has 0 amide bonds. The number of hydrogen-bond donors (Lipinski definition) is 0. The largest absolute Gasteiger partial charge is 0.309 e. The first-order valence-corrected chi connectivity index (χ1v) is 7.96. The predicted molar refractivity (Wildman–Crippen MR) is 83.7 cm³/mol. The Labute approximate surface area is 114 Å². The van der Waals surface area contributed by atoms with Crippen molar-refractivity contribution >= 4 is 17.8 Å². The topological polar surface area (TPSA) is 17.1 Å². The van der Waals surface area contributed by atoms with Crippen molar-refractivity contribution in [2.75, 3.05) is 0 Å². The summed E-state index contributed by atoms with van der Waals surface area (Å²) in [4.78, 5) is 0. The predicted octanol–water partition coefficient (Wildman–Crippen LogP) is 4.09. The van der Waals surface area contributed by atoms with E-state index in [4.69, 9.17) is 0 Å². The van der Waals surface area contributed by atoms with Gasteiger partial charge in [-0.15, -0.1) is 0 Å². The molecular formula is C17H17OP. The van der Waals surface area contributed by atoms with E-state index >= 15 is 0 Å². The Balaban J connectivity index is 2.58. The van der Waals surface area contributed by atoms with E-state index in [1.807, 2.05) is 73.7 Å². The first-order chi connectivity index (χ1) is 9.13. The fourth-order valence-corrected chi connectivity index (χ4v) is 4.19. The molecule has 0 aliphatic heterocycles. The maximum atomic E-state index is 13.4. The van der Waals surface area contributed by atoms with Gasteiger partial charge in [0.25, 0.3) is 0 Å². The maximum absolute atomic E-state index is 13.4. The lowest BCUT2D eigenvalue weighted by Gasteiger charge is -2.15. The summed E-state index contributed by atoms with van der Waals surface area (Å²) in [5, 5.41) is 1.69. The molecule has 0 saturated heterocycles. The molecule has 0 saturated carbocycles. The summed E-state index contributed by atoms with van der Waals surface area (Å²) in [6.45, 7) is 5.74. The van der Waals surface area contributed by atoms with E-state index < -0.39 is 7.14 Å². The summed E-state index contributed by atoms with van der Waals surface area (Å²) in [5.41, 5.74) is 0.895. The van der Waals surface area contributed by atoms with Gasteiger partial charge < -0.3 is 4.57 Å².